The lowest BCUT2D eigenvalue weighted by molar-refractivity contribution is -0.138. The fourth-order valence-electron chi connectivity index (χ4n) is 4.24. The average Bonchev–Trinajstić information content (AvgIpc) is 3.09. The summed E-state index contributed by atoms with van der Waals surface area (Å²) in [4.78, 5) is 26.7. The van der Waals surface area contributed by atoms with Crippen LogP contribution in [0.4, 0.5) is 5.13 Å². The predicted molar refractivity (Wildman–Crippen MR) is 103 cm³/mol. The lowest BCUT2D eigenvalue weighted by Gasteiger charge is -2.39. The Morgan fingerprint density at radius 2 is 1.69 bits per heavy atom. The molecule has 0 spiro atoms. The Morgan fingerprint density at radius 1 is 1.00 bits per heavy atom. The van der Waals surface area contributed by atoms with Crippen LogP contribution in [0.15, 0.2) is 0 Å². The largest absolute Gasteiger partial charge is 0.337 e. The fraction of sp³-hybridized carbons (Fsp3) is 0.789. The van der Waals surface area contributed by atoms with Gasteiger partial charge in [0, 0.05) is 30.8 Å². The maximum atomic E-state index is 12.5. The molecule has 1 aliphatic heterocycles. The van der Waals surface area contributed by atoms with E-state index in [9.17, 15) is 9.59 Å². The molecule has 144 valence electrons. The van der Waals surface area contributed by atoms with Crippen LogP contribution in [0.1, 0.15) is 89.0 Å². The molecule has 0 unspecified atom stereocenters. The van der Waals surface area contributed by atoms with Crippen LogP contribution >= 0.6 is 11.3 Å². The van der Waals surface area contributed by atoms with Crippen LogP contribution in [0.25, 0.3) is 0 Å². The van der Waals surface area contributed by atoms with E-state index in [1.54, 1.807) is 0 Å². The maximum absolute atomic E-state index is 12.5. The first kappa shape index (κ1) is 19.3. The van der Waals surface area contributed by atoms with Crippen LogP contribution in [-0.4, -0.2) is 39.0 Å². The summed E-state index contributed by atoms with van der Waals surface area (Å²) < 4.78 is 0. The molecule has 6 nitrogen and oxygen atoms in total. The molecule has 0 aromatic carbocycles. The van der Waals surface area contributed by atoms with Crippen LogP contribution in [0.3, 0.4) is 0 Å². The number of nitrogens with zero attached hydrogens (tertiary/aromatic N) is 3. The number of piperidine rings is 1. The summed E-state index contributed by atoms with van der Waals surface area (Å²) in [6, 6.07) is 0.547. The summed E-state index contributed by atoms with van der Waals surface area (Å²) in [6.07, 6.45) is 9.89. The Balaban J connectivity index is 1.46. The molecule has 1 N–H and O–H groups in total. The van der Waals surface area contributed by atoms with E-state index in [-0.39, 0.29) is 36.7 Å². The van der Waals surface area contributed by atoms with Crippen molar-refractivity contribution in [2.24, 2.45) is 0 Å². The molecule has 1 saturated heterocycles. The first-order valence-corrected chi connectivity index (χ1v) is 10.8. The Kier molecular flexibility index (Phi) is 6.62. The molecule has 1 aliphatic carbocycles. The molecule has 7 heteroatoms. The van der Waals surface area contributed by atoms with E-state index in [4.69, 9.17) is 0 Å². The van der Waals surface area contributed by atoms with E-state index in [2.05, 4.69) is 29.4 Å². The third kappa shape index (κ3) is 4.81. The van der Waals surface area contributed by atoms with Crippen molar-refractivity contribution in [1.29, 1.82) is 0 Å². The lowest BCUT2D eigenvalue weighted by Crippen LogP contribution is -2.47. The smallest absolute Gasteiger partial charge is 0.226 e. The summed E-state index contributed by atoms with van der Waals surface area (Å²) in [7, 11) is 0. The molecule has 2 heterocycles. The van der Waals surface area contributed by atoms with Gasteiger partial charge in [-0.2, -0.15) is 0 Å². The molecule has 1 aromatic heterocycles. The minimum absolute atomic E-state index is 0.0833. The summed E-state index contributed by atoms with van der Waals surface area (Å²) in [5.74, 6) is 0.428. The van der Waals surface area contributed by atoms with Crippen molar-refractivity contribution in [1.82, 2.24) is 15.1 Å². The zero-order chi connectivity index (χ0) is 18.5. The quantitative estimate of drug-likeness (QED) is 0.837. The number of amides is 2. The maximum Gasteiger partial charge on any atom is 0.226 e. The molecule has 1 aromatic rings. The second kappa shape index (κ2) is 8.93. The first-order valence-electron chi connectivity index (χ1n) is 9.99. The summed E-state index contributed by atoms with van der Waals surface area (Å²) >= 11 is 1.48. The van der Waals surface area contributed by atoms with E-state index >= 15 is 0 Å². The molecular weight excluding hydrogens is 348 g/mol. The second-order valence-electron chi connectivity index (χ2n) is 7.76. The highest BCUT2D eigenvalue weighted by Gasteiger charge is 2.29. The Hall–Kier alpha value is -1.50. The minimum atomic E-state index is -0.151. The van der Waals surface area contributed by atoms with E-state index in [1.165, 1.54) is 49.9 Å². The monoisotopic (exact) mass is 378 g/mol. The lowest BCUT2D eigenvalue weighted by atomic mass is 9.90. The summed E-state index contributed by atoms with van der Waals surface area (Å²) in [5, 5.41) is 12.8. The van der Waals surface area contributed by atoms with Gasteiger partial charge in [0.1, 0.15) is 5.01 Å². The highest BCUT2D eigenvalue weighted by atomic mass is 32.1. The van der Waals surface area contributed by atoms with Gasteiger partial charge < -0.3 is 10.2 Å². The van der Waals surface area contributed by atoms with Crippen LogP contribution in [-0.2, 0) is 9.59 Å². The highest BCUT2D eigenvalue weighted by Crippen LogP contribution is 2.35. The van der Waals surface area contributed by atoms with E-state index in [0.29, 0.717) is 11.0 Å². The van der Waals surface area contributed by atoms with Gasteiger partial charge in [-0.15, -0.1) is 10.2 Å². The zero-order valence-electron chi connectivity index (χ0n) is 15.9. The number of hydrogen-bond donors (Lipinski definition) is 1. The van der Waals surface area contributed by atoms with Crippen LogP contribution in [0, 0.1) is 0 Å². The van der Waals surface area contributed by atoms with Crippen molar-refractivity contribution in [2.45, 2.75) is 96.1 Å². The molecule has 2 amide bonds. The molecular formula is C19H30N4O2S. The number of hydrogen-bond acceptors (Lipinski definition) is 5. The third-order valence-electron chi connectivity index (χ3n) is 5.69. The molecule has 2 fully saturated rings. The van der Waals surface area contributed by atoms with Gasteiger partial charge in [0.2, 0.25) is 16.9 Å². The number of carbonyl (C=O) groups is 2. The number of carbonyl (C=O) groups excluding carboxylic acids is 2. The SMILES string of the molecule is C[C@H]1CCC[C@H](C)N1C(=O)CCC(=O)Nc1nnc(C2CCCCC2)s1. The third-order valence-corrected chi connectivity index (χ3v) is 6.69. The molecule has 0 radical (unpaired) electrons. The Labute approximate surface area is 159 Å². The van der Waals surface area contributed by atoms with Crippen LogP contribution in [0.2, 0.25) is 0 Å². The Morgan fingerprint density at radius 3 is 2.38 bits per heavy atom. The van der Waals surface area contributed by atoms with Crippen LogP contribution in [0.5, 0.6) is 0 Å². The second-order valence-corrected chi connectivity index (χ2v) is 8.77. The van der Waals surface area contributed by atoms with Gasteiger partial charge in [0.15, 0.2) is 0 Å². The van der Waals surface area contributed by atoms with Crippen LogP contribution < -0.4 is 5.32 Å². The van der Waals surface area contributed by atoms with Gasteiger partial charge >= 0.3 is 0 Å². The van der Waals surface area contributed by atoms with Crippen molar-refractivity contribution < 1.29 is 9.59 Å². The average molecular weight is 379 g/mol. The van der Waals surface area contributed by atoms with Crippen molar-refractivity contribution in [3.63, 3.8) is 0 Å². The van der Waals surface area contributed by atoms with Crippen molar-refractivity contribution >= 4 is 28.3 Å². The van der Waals surface area contributed by atoms with Gasteiger partial charge in [0.05, 0.1) is 0 Å². The van der Waals surface area contributed by atoms with Gasteiger partial charge in [0.25, 0.3) is 0 Å². The van der Waals surface area contributed by atoms with Gasteiger partial charge in [-0.05, 0) is 46.0 Å². The number of rotatable bonds is 5. The van der Waals surface area contributed by atoms with Crippen molar-refractivity contribution in [3.8, 4) is 0 Å². The predicted octanol–water partition coefficient (Wildman–Crippen LogP) is 4.09. The van der Waals surface area contributed by atoms with Crippen molar-refractivity contribution in [2.75, 3.05) is 5.32 Å². The first-order chi connectivity index (χ1) is 12.5. The normalized spacial score (nSPS) is 24.5. The number of anilines is 1. The molecule has 0 bridgehead atoms. The summed E-state index contributed by atoms with van der Waals surface area (Å²) in [6.45, 7) is 4.20. The van der Waals surface area contributed by atoms with Gasteiger partial charge in [-0.3, -0.25) is 9.59 Å². The number of likely N-dealkylation sites (tertiary alicyclic amines) is 1. The molecule has 2 aliphatic rings. The van der Waals surface area contributed by atoms with Gasteiger partial charge in [-0.1, -0.05) is 30.6 Å². The highest BCUT2D eigenvalue weighted by molar-refractivity contribution is 7.15. The minimum Gasteiger partial charge on any atom is -0.337 e. The molecule has 2 atom stereocenters. The standard InChI is InChI=1S/C19H30N4O2S/c1-13-7-6-8-14(2)23(13)17(25)12-11-16(24)20-19-22-21-18(26-19)15-9-4-3-5-10-15/h13-15H,3-12H2,1-2H3,(H,20,22,24)/t13-,14-/m0/s1. The number of nitrogens with one attached hydrogen (secondary N) is 1. The Bertz CT molecular complexity index is 617. The van der Waals surface area contributed by atoms with Crippen molar-refractivity contribution in [3.05, 3.63) is 5.01 Å². The molecule has 26 heavy (non-hydrogen) atoms. The van der Waals surface area contributed by atoms with E-state index < -0.39 is 0 Å². The fourth-order valence-corrected chi connectivity index (χ4v) is 5.17. The zero-order valence-corrected chi connectivity index (χ0v) is 16.7. The van der Waals surface area contributed by atoms with Gasteiger partial charge in [-0.25, -0.2) is 0 Å². The van der Waals surface area contributed by atoms with E-state index in [0.717, 1.165) is 17.8 Å². The van der Waals surface area contributed by atoms with E-state index in [1.807, 2.05) is 4.90 Å². The number of aromatic nitrogens is 2. The topological polar surface area (TPSA) is 75.2 Å². The molecule has 3 rings (SSSR count). The summed E-state index contributed by atoms with van der Waals surface area (Å²) in [5.41, 5.74) is 0. The molecule has 1 saturated carbocycles.